The maximum absolute atomic E-state index is 12.6. The van der Waals surface area contributed by atoms with E-state index in [0.29, 0.717) is 32.5 Å². The Morgan fingerprint density at radius 2 is 1.72 bits per heavy atom. The normalized spacial score (nSPS) is 15.1. The summed E-state index contributed by atoms with van der Waals surface area (Å²) < 4.78 is 0. The molecule has 1 aromatic rings. The molecular weight excluding hydrogens is 316 g/mol. The number of aryl methyl sites for hydroxylation is 1. The van der Waals surface area contributed by atoms with Gasteiger partial charge in [0.05, 0.1) is 0 Å². The predicted molar refractivity (Wildman–Crippen MR) is 97.4 cm³/mol. The predicted octanol–water partition coefficient (Wildman–Crippen LogP) is 2.67. The third-order valence-electron chi connectivity index (χ3n) is 4.98. The number of ketones is 1. The van der Waals surface area contributed by atoms with Crippen molar-refractivity contribution in [2.24, 2.45) is 5.92 Å². The quantitative estimate of drug-likeness (QED) is 0.746. The van der Waals surface area contributed by atoms with Gasteiger partial charge < -0.3 is 9.80 Å². The molecule has 5 nitrogen and oxygen atoms in total. The van der Waals surface area contributed by atoms with Crippen LogP contribution in [0, 0.1) is 12.8 Å². The minimum atomic E-state index is 0.00982. The number of rotatable bonds is 6. The summed E-state index contributed by atoms with van der Waals surface area (Å²) >= 11 is 0. The van der Waals surface area contributed by atoms with Gasteiger partial charge >= 0.3 is 0 Å². The molecule has 25 heavy (non-hydrogen) atoms. The summed E-state index contributed by atoms with van der Waals surface area (Å²) in [7, 11) is 1.75. The highest BCUT2D eigenvalue weighted by Crippen LogP contribution is 2.22. The molecule has 1 aliphatic heterocycles. The number of nitrogens with zero attached hydrogens (tertiary/aromatic N) is 2. The number of amides is 2. The van der Waals surface area contributed by atoms with Crippen molar-refractivity contribution in [3.05, 3.63) is 35.4 Å². The van der Waals surface area contributed by atoms with E-state index in [1.807, 2.05) is 36.1 Å². The van der Waals surface area contributed by atoms with Crippen LogP contribution in [0.1, 0.15) is 48.5 Å². The highest BCUT2D eigenvalue weighted by Gasteiger charge is 2.27. The highest BCUT2D eigenvalue weighted by atomic mass is 16.2. The number of hydrogen-bond donors (Lipinski definition) is 0. The molecule has 0 N–H and O–H groups in total. The van der Waals surface area contributed by atoms with Gasteiger partial charge in [0.2, 0.25) is 11.8 Å². The number of benzene rings is 1. The van der Waals surface area contributed by atoms with Crippen LogP contribution in [0.5, 0.6) is 0 Å². The van der Waals surface area contributed by atoms with Gasteiger partial charge in [-0.05, 0) is 26.2 Å². The maximum atomic E-state index is 12.6. The van der Waals surface area contributed by atoms with Gasteiger partial charge in [0, 0.05) is 51.5 Å². The van der Waals surface area contributed by atoms with Crippen molar-refractivity contribution in [1.82, 2.24) is 9.80 Å². The van der Waals surface area contributed by atoms with Crippen molar-refractivity contribution >= 4 is 17.6 Å². The summed E-state index contributed by atoms with van der Waals surface area (Å²) in [6, 6.07) is 7.70. The minimum Gasteiger partial charge on any atom is -0.346 e. The molecular formula is C20H28N2O3. The molecule has 0 bridgehead atoms. The Morgan fingerprint density at radius 1 is 1.12 bits per heavy atom. The molecule has 1 aromatic carbocycles. The Kier molecular flexibility index (Phi) is 6.73. The zero-order valence-corrected chi connectivity index (χ0v) is 15.5. The molecule has 0 atom stereocenters. The van der Waals surface area contributed by atoms with E-state index in [1.54, 1.807) is 11.9 Å². The van der Waals surface area contributed by atoms with Crippen molar-refractivity contribution in [3.63, 3.8) is 0 Å². The summed E-state index contributed by atoms with van der Waals surface area (Å²) in [4.78, 5) is 39.5. The van der Waals surface area contributed by atoms with E-state index in [1.165, 1.54) is 6.92 Å². The third-order valence-corrected chi connectivity index (χ3v) is 4.98. The Morgan fingerprint density at radius 3 is 2.28 bits per heavy atom. The van der Waals surface area contributed by atoms with Crippen LogP contribution in [0.25, 0.3) is 0 Å². The zero-order chi connectivity index (χ0) is 18.4. The smallest absolute Gasteiger partial charge is 0.222 e. The van der Waals surface area contributed by atoms with E-state index in [4.69, 9.17) is 0 Å². The lowest BCUT2D eigenvalue weighted by Gasteiger charge is -2.31. The van der Waals surface area contributed by atoms with Crippen LogP contribution >= 0.6 is 0 Å². The number of carbonyl (C=O) groups is 3. The van der Waals surface area contributed by atoms with Gasteiger partial charge in [-0.25, -0.2) is 0 Å². The van der Waals surface area contributed by atoms with Gasteiger partial charge in [-0.2, -0.15) is 0 Å². The SMILES string of the molecule is CC(=O)N(C)CCCC(=O)N1CCC(C(=O)c2ccc(C)cc2)CC1. The van der Waals surface area contributed by atoms with Crippen LogP contribution in [0.4, 0.5) is 0 Å². The molecule has 0 saturated carbocycles. The summed E-state index contributed by atoms with van der Waals surface area (Å²) in [5.74, 6) is 0.340. The molecule has 1 aliphatic rings. The molecule has 0 unspecified atom stereocenters. The van der Waals surface area contributed by atoms with Gasteiger partial charge in [0.1, 0.15) is 0 Å². The molecule has 0 spiro atoms. The monoisotopic (exact) mass is 344 g/mol. The fourth-order valence-corrected chi connectivity index (χ4v) is 3.13. The zero-order valence-electron chi connectivity index (χ0n) is 15.5. The minimum absolute atomic E-state index is 0.00982. The number of hydrogen-bond acceptors (Lipinski definition) is 3. The molecule has 2 rings (SSSR count). The van der Waals surface area contributed by atoms with Crippen LogP contribution in [0.2, 0.25) is 0 Å². The lowest BCUT2D eigenvalue weighted by atomic mass is 9.88. The van der Waals surface area contributed by atoms with E-state index in [0.717, 1.165) is 24.0 Å². The highest BCUT2D eigenvalue weighted by molar-refractivity contribution is 5.98. The first kappa shape index (κ1) is 19.2. The van der Waals surface area contributed by atoms with Gasteiger partial charge in [0.15, 0.2) is 5.78 Å². The third kappa shape index (κ3) is 5.41. The standard InChI is InChI=1S/C20H28N2O3/c1-15-6-8-17(9-7-15)20(25)18-10-13-22(14-11-18)19(24)5-4-12-21(3)16(2)23/h6-9,18H,4-5,10-14H2,1-3H3. The van der Waals surface area contributed by atoms with E-state index in [9.17, 15) is 14.4 Å². The first-order valence-electron chi connectivity index (χ1n) is 8.99. The van der Waals surface area contributed by atoms with E-state index < -0.39 is 0 Å². The molecule has 0 radical (unpaired) electrons. The van der Waals surface area contributed by atoms with Crippen LogP contribution in [0.15, 0.2) is 24.3 Å². The Labute approximate surface area is 150 Å². The average molecular weight is 344 g/mol. The van der Waals surface area contributed by atoms with E-state index in [2.05, 4.69) is 0 Å². The molecule has 1 saturated heterocycles. The Balaban J connectivity index is 1.77. The van der Waals surface area contributed by atoms with Crippen molar-refractivity contribution in [1.29, 1.82) is 0 Å². The van der Waals surface area contributed by atoms with Crippen LogP contribution in [0.3, 0.4) is 0 Å². The summed E-state index contributed by atoms with van der Waals surface area (Å²) in [6.07, 6.45) is 2.59. The van der Waals surface area contributed by atoms with E-state index in [-0.39, 0.29) is 23.5 Å². The van der Waals surface area contributed by atoms with Crippen LogP contribution < -0.4 is 0 Å². The van der Waals surface area contributed by atoms with Crippen molar-refractivity contribution in [2.75, 3.05) is 26.7 Å². The van der Waals surface area contributed by atoms with Crippen molar-refractivity contribution in [2.45, 2.75) is 39.5 Å². The second-order valence-electron chi connectivity index (χ2n) is 6.93. The van der Waals surface area contributed by atoms with Gasteiger partial charge in [0.25, 0.3) is 0 Å². The molecule has 2 amide bonds. The fraction of sp³-hybridized carbons (Fsp3) is 0.550. The molecule has 0 aromatic heterocycles. The summed E-state index contributed by atoms with van der Waals surface area (Å²) in [5, 5.41) is 0. The second kappa shape index (κ2) is 8.79. The lowest BCUT2D eigenvalue weighted by molar-refractivity contribution is -0.133. The molecule has 0 aliphatic carbocycles. The molecule has 1 heterocycles. The molecule has 136 valence electrons. The second-order valence-corrected chi connectivity index (χ2v) is 6.93. The molecule has 1 fully saturated rings. The Hall–Kier alpha value is -2.17. The van der Waals surface area contributed by atoms with Crippen molar-refractivity contribution in [3.8, 4) is 0 Å². The molecule has 5 heteroatoms. The number of Topliss-reactive ketones (excluding diaryl/α,β-unsaturated/α-hetero) is 1. The average Bonchev–Trinajstić information content (AvgIpc) is 2.61. The Bertz CT molecular complexity index is 616. The fourth-order valence-electron chi connectivity index (χ4n) is 3.13. The van der Waals surface area contributed by atoms with Gasteiger partial charge in [-0.15, -0.1) is 0 Å². The van der Waals surface area contributed by atoms with Crippen LogP contribution in [-0.4, -0.2) is 54.1 Å². The summed E-state index contributed by atoms with van der Waals surface area (Å²) in [5.41, 5.74) is 1.91. The topological polar surface area (TPSA) is 57.7 Å². The number of likely N-dealkylation sites (tertiary alicyclic amines) is 1. The lowest BCUT2D eigenvalue weighted by Crippen LogP contribution is -2.40. The first-order chi connectivity index (χ1) is 11.9. The number of carbonyl (C=O) groups excluding carboxylic acids is 3. The maximum Gasteiger partial charge on any atom is 0.222 e. The largest absolute Gasteiger partial charge is 0.346 e. The van der Waals surface area contributed by atoms with Gasteiger partial charge in [-0.1, -0.05) is 29.8 Å². The first-order valence-corrected chi connectivity index (χ1v) is 8.99. The number of piperidine rings is 1. The van der Waals surface area contributed by atoms with Crippen LogP contribution in [-0.2, 0) is 9.59 Å². The van der Waals surface area contributed by atoms with Gasteiger partial charge in [-0.3, -0.25) is 14.4 Å². The summed E-state index contributed by atoms with van der Waals surface area (Å²) in [6.45, 7) is 5.42. The van der Waals surface area contributed by atoms with Crippen molar-refractivity contribution < 1.29 is 14.4 Å². The van der Waals surface area contributed by atoms with E-state index >= 15 is 0 Å².